The van der Waals surface area contributed by atoms with E-state index in [1.165, 1.54) is 10.9 Å². The molecule has 1 aromatic carbocycles. The highest BCUT2D eigenvalue weighted by Gasteiger charge is 2.19. The molecular weight excluding hydrogens is 344 g/mol. The average Bonchev–Trinajstić information content (AvgIpc) is 2.70. The zero-order valence-corrected chi connectivity index (χ0v) is 15.5. The molecule has 1 saturated heterocycles. The molecule has 140 valence electrons. The Kier molecular flexibility index (Phi) is 4.72. The Labute approximate surface area is 157 Å². The van der Waals surface area contributed by atoms with E-state index < -0.39 is 0 Å². The largest absolute Gasteiger partial charge is 0.480 e. The van der Waals surface area contributed by atoms with E-state index in [1.807, 2.05) is 12.1 Å². The van der Waals surface area contributed by atoms with Crippen LogP contribution in [-0.2, 0) is 13.6 Å². The molecule has 0 spiro atoms. The lowest BCUT2D eigenvalue weighted by Gasteiger charge is -2.36. The van der Waals surface area contributed by atoms with Gasteiger partial charge in [-0.25, -0.2) is 14.8 Å². The van der Waals surface area contributed by atoms with Crippen LogP contribution in [0.15, 0.2) is 41.6 Å². The van der Waals surface area contributed by atoms with Crippen molar-refractivity contribution in [3.63, 3.8) is 0 Å². The van der Waals surface area contributed by atoms with Gasteiger partial charge in [0.05, 0.1) is 23.7 Å². The summed E-state index contributed by atoms with van der Waals surface area (Å²) in [5.74, 6) is 0.595. The number of aromatic nitrogens is 4. The van der Waals surface area contributed by atoms with E-state index in [0.29, 0.717) is 12.4 Å². The second-order valence-electron chi connectivity index (χ2n) is 6.66. The predicted molar refractivity (Wildman–Crippen MR) is 103 cm³/mol. The topological polar surface area (TPSA) is 76.4 Å². The molecule has 0 atom stereocenters. The van der Waals surface area contributed by atoms with Gasteiger partial charge in [0.15, 0.2) is 0 Å². The van der Waals surface area contributed by atoms with Crippen LogP contribution in [0.4, 0.5) is 5.69 Å². The third-order valence-corrected chi connectivity index (χ3v) is 4.93. The van der Waals surface area contributed by atoms with Crippen molar-refractivity contribution in [2.24, 2.45) is 7.05 Å². The van der Waals surface area contributed by atoms with Gasteiger partial charge in [0.1, 0.15) is 6.33 Å². The number of fused-ring (bicyclic) bond motifs is 1. The molecule has 0 aliphatic carbocycles. The molecule has 0 saturated carbocycles. The lowest BCUT2D eigenvalue weighted by Crippen LogP contribution is -2.46. The molecule has 4 rings (SSSR count). The number of methoxy groups -OCH3 is 1. The summed E-state index contributed by atoms with van der Waals surface area (Å²) >= 11 is 0. The highest BCUT2D eigenvalue weighted by Crippen LogP contribution is 2.27. The molecule has 0 N–H and O–H groups in total. The molecule has 1 aliphatic heterocycles. The second kappa shape index (κ2) is 7.32. The van der Waals surface area contributed by atoms with Crippen molar-refractivity contribution in [2.45, 2.75) is 6.54 Å². The Bertz CT molecular complexity index is 1010. The minimum Gasteiger partial charge on any atom is -0.480 e. The number of aryl methyl sites for hydroxylation is 1. The lowest BCUT2D eigenvalue weighted by atomic mass is 10.2. The van der Waals surface area contributed by atoms with E-state index in [1.54, 1.807) is 20.4 Å². The molecule has 8 heteroatoms. The highest BCUT2D eigenvalue weighted by atomic mass is 16.5. The molecule has 2 aromatic heterocycles. The van der Waals surface area contributed by atoms with E-state index in [-0.39, 0.29) is 5.69 Å². The first-order valence-electron chi connectivity index (χ1n) is 8.92. The molecule has 0 amide bonds. The second-order valence-corrected chi connectivity index (χ2v) is 6.66. The fourth-order valence-corrected chi connectivity index (χ4v) is 3.36. The van der Waals surface area contributed by atoms with Gasteiger partial charge in [0.25, 0.3) is 0 Å². The van der Waals surface area contributed by atoms with Gasteiger partial charge in [-0.3, -0.25) is 4.90 Å². The zero-order chi connectivity index (χ0) is 18.8. The minimum atomic E-state index is -0.210. The highest BCUT2D eigenvalue weighted by molar-refractivity contribution is 5.86. The Morgan fingerprint density at radius 1 is 1.11 bits per heavy atom. The monoisotopic (exact) mass is 366 g/mol. The summed E-state index contributed by atoms with van der Waals surface area (Å²) in [6.45, 7) is 4.34. The van der Waals surface area contributed by atoms with Crippen LogP contribution in [0, 0.1) is 0 Å². The molecule has 8 nitrogen and oxygen atoms in total. The zero-order valence-electron chi connectivity index (χ0n) is 15.5. The van der Waals surface area contributed by atoms with Crippen molar-refractivity contribution in [1.29, 1.82) is 0 Å². The standard InChI is InChI=1S/C19H22N6O2/c1-23-6-5-14(22-19(23)26)12-24-7-9-25(10-8-24)15-3-4-17-16(11-15)18(27-2)21-13-20-17/h3-6,11,13H,7-10,12H2,1-2H3. The van der Waals surface area contributed by atoms with E-state index in [9.17, 15) is 4.79 Å². The number of benzene rings is 1. The Morgan fingerprint density at radius 3 is 2.67 bits per heavy atom. The maximum absolute atomic E-state index is 11.7. The van der Waals surface area contributed by atoms with Crippen LogP contribution in [0.25, 0.3) is 10.9 Å². The first kappa shape index (κ1) is 17.4. The van der Waals surface area contributed by atoms with E-state index in [0.717, 1.165) is 48.5 Å². The third-order valence-electron chi connectivity index (χ3n) is 4.93. The van der Waals surface area contributed by atoms with Crippen LogP contribution in [0.2, 0.25) is 0 Å². The summed E-state index contributed by atoms with van der Waals surface area (Å²) in [5.41, 5.74) is 2.63. The van der Waals surface area contributed by atoms with Gasteiger partial charge in [0.2, 0.25) is 5.88 Å². The summed E-state index contributed by atoms with van der Waals surface area (Å²) < 4.78 is 6.84. The van der Waals surface area contributed by atoms with Gasteiger partial charge in [0, 0.05) is 51.7 Å². The van der Waals surface area contributed by atoms with E-state index >= 15 is 0 Å². The first-order valence-corrected chi connectivity index (χ1v) is 8.92. The van der Waals surface area contributed by atoms with Crippen molar-refractivity contribution < 1.29 is 4.74 Å². The van der Waals surface area contributed by atoms with Crippen LogP contribution in [0.3, 0.4) is 0 Å². The van der Waals surface area contributed by atoms with Crippen LogP contribution >= 0.6 is 0 Å². The van der Waals surface area contributed by atoms with E-state index in [2.05, 4.69) is 36.9 Å². The summed E-state index contributed by atoms with van der Waals surface area (Å²) in [6, 6.07) is 8.09. The molecule has 0 bridgehead atoms. The molecule has 1 fully saturated rings. The quantitative estimate of drug-likeness (QED) is 0.683. The number of anilines is 1. The number of hydrogen-bond acceptors (Lipinski definition) is 7. The fourth-order valence-electron chi connectivity index (χ4n) is 3.36. The number of piperazine rings is 1. The average molecular weight is 366 g/mol. The molecule has 1 aliphatic rings. The fraction of sp³-hybridized carbons (Fsp3) is 0.368. The molecule has 27 heavy (non-hydrogen) atoms. The number of hydrogen-bond donors (Lipinski definition) is 0. The Hall–Kier alpha value is -3.00. The van der Waals surface area contributed by atoms with Crippen LogP contribution < -0.4 is 15.3 Å². The molecule has 0 radical (unpaired) electrons. The van der Waals surface area contributed by atoms with Crippen LogP contribution in [-0.4, -0.2) is 57.7 Å². The van der Waals surface area contributed by atoms with Gasteiger partial charge in [-0.2, -0.15) is 4.98 Å². The van der Waals surface area contributed by atoms with Crippen molar-refractivity contribution in [1.82, 2.24) is 24.4 Å². The van der Waals surface area contributed by atoms with Crippen molar-refractivity contribution in [3.05, 3.63) is 53.0 Å². The molecular formula is C19H22N6O2. The maximum atomic E-state index is 11.7. The predicted octanol–water partition coefficient (Wildman–Crippen LogP) is 1.05. The van der Waals surface area contributed by atoms with Gasteiger partial charge < -0.3 is 14.2 Å². The van der Waals surface area contributed by atoms with Gasteiger partial charge in [-0.1, -0.05) is 0 Å². The van der Waals surface area contributed by atoms with Gasteiger partial charge in [-0.05, 0) is 24.3 Å². The molecule has 3 heterocycles. The minimum absolute atomic E-state index is 0.210. The van der Waals surface area contributed by atoms with Crippen molar-refractivity contribution in [2.75, 3.05) is 38.2 Å². The normalized spacial score (nSPS) is 15.3. The SMILES string of the molecule is COc1ncnc2ccc(N3CCN(Cc4ccn(C)c(=O)n4)CC3)cc12. The summed E-state index contributed by atoms with van der Waals surface area (Å²) in [7, 11) is 3.33. The number of rotatable bonds is 4. The smallest absolute Gasteiger partial charge is 0.347 e. The first-order chi connectivity index (χ1) is 13.1. The van der Waals surface area contributed by atoms with Gasteiger partial charge in [-0.15, -0.1) is 0 Å². The Balaban J connectivity index is 1.45. The lowest BCUT2D eigenvalue weighted by molar-refractivity contribution is 0.246. The Morgan fingerprint density at radius 2 is 1.93 bits per heavy atom. The molecule has 0 unspecified atom stereocenters. The van der Waals surface area contributed by atoms with Crippen LogP contribution in [0.1, 0.15) is 5.69 Å². The van der Waals surface area contributed by atoms with Crippen molar-refractivity contribution in [3.8, 4) is 5.88 Å². The van der Waals surface area contributed by atoms with Crippen molar-refractivity contribution >= 4 is 16.6 Å². The summed E-state index contributed by atoms with van der Waals surface area (Å²) in [4.78, 5) is 29.0. The number of nitrogens with zero attached hydrogens (tertiary/aromatic N) is 6. The maximum Gasteiger partial charge on any atom is 0.347 e. The van der Waals surface area contributed by atoms with Crippen LogP contribution in [0.5, 0.6) is 5.88 Å². The summed E-state index contributed by atoms with van der Waals surface area (Å²) in [5, 5.41) is 0.921. The number of ether oxygens (including phenoxy) is 1. The third kappa shape index (κ3) is 3.61. The van der Waals surface area contributed by atoms with E-state index in [4.69, 9.17) is 4.74 Å². The van der Waals surface area contributed by atoms with Gasteiger partial charge >= 0.3 is 5.69 Å². The molecule has 3 aromatic rings. The summed E-state index contributed by atoms with van der Waals surface area (Å²) in [6.07, 6.45) is 3.29.